The molecule has 0 N–H and O–H groups in total. The van der Waals surface area contributed by atoms with Crippen LogP contribution in [0.25, 0.3) is 6.08 Å². The van der Waals surface area contributed by atoms with Crippen LogP contribution in [-0.2, 0) is 9.53 Å². The molecule has 0 amide bonds. The Morgan fingerprint density at radius 3 is 2.53 bits per heavy atom. The molecule has 1 unspecified atom stereocenters. The van der Waals surface area contributed by atoms with E-state index in [2.05, 4.69) is 0 Å². The summed E-state index contributed by atoms with van der Waals surface area (Å²) in [5.74, 6) is 1.36. The fourth-order valence-corrected chi connectivity index (χ4v) is 3.86. The first-order chi connectivity index (χ1) is 15.5. The van der Waals surface area contributed by atoms with Crippen molar-refractivity contribution in [2.24, 2.45) is 0 Å². The number of ether oxygens (including phenoxy) is 6. The molecule has 4 rings (SSSR count). The van der Waals surface area contributed by atoms with Crippen molar-refractivity contribution in [3.8, 4) is 28.7 Å². The van der Waals surface area contributed by atoms with E-state index in [9.17, 15) is 9.59 Å². The lowest BCUT2D eigenvalue weighted by Gasteiger charge is -2.14. The first-order valence-corrected chi connectivity index (χ1v) is 10.2. The molecular weight excluding hydrogens is 416 g/mol. The van der Waals surface area contributed by atoms with Crippen molar-refractivity contribution in [1.29, 1.82) is 0 Å². The van der Waals surface area contributed by atoms with Gasteiger partial charge in [0, 0.05) is 18.2 Å². The number of benzene rings is 2. The van der Waals surface area contributed by atoms with Gasteiger partial charge in [-0.15, -0.1) is 0 Å². The van der Waals surface area contributed by atoms with E-state index in [-0.39, 0.29) is 11.5 Å². The Morgan fingerprint density at radius 1 is 1.09 bits per heavy atom. The number of ketones is 1. The molecule has 8 nitrogen and oxygen atoms in total. The highest BCUT2D eigenvalue weighted by atomic mass is 16.6. The van der Waals surface area contributed by atoms with Crippen LogP contribution in [0.2, 0.25) is 0 Å². The molecule has 32 heavy (non-hydrogen) atoms. The fraction of sp³-hybridized carbons (Fsp3) is 0.333. The van der Waals surface area contributed by atoms with Gasteiger partial charge in [0.05, 0.1) is 26.9 Å². The first kappa shape index (κ1) is 21.7. The quantitative estimate of drug-likeness (QED) is 0.381. The van der Waals surface area contributed by atoms with Crippen molar-refractivity contribution in [3.05, 3.63) is 46.7 Å². The van der Waals surface area contributed by atoms with Crippen LogP contribution >= 0.6 is 0 Å². The predicted molar refractivity (Wildman–Crippen MR) is 115 cm³/mol. The Labute approximate surface area is 185 Å². The minimum Gasteiger partial charge on any atom is -0.493 e. The van der Waals surface area contributed by atoms with Gasteiger partial charge in [-0.3, -0.25) is 4.79 Å². The average molecular weight is 440 g/mol. The van der Waals surface area contributed by atoms with Crippen molar-refractivity contribution in [1.82, 2.24) is 0 Å². The second-order valence-electron chi connectivity index (χ2n) is 7.40. The molecule has 2 heterocycles. The number of hydrogen-bond acceptors (Lipinski definition) is 8. The first-order valence-electron chi connectivity index (χ1n) is 10.2. The van der Waals surface area contributed by atoms with Gasteiger partial charge in [0.15, 0.2) is 23.4 Å². The van der Waals surface area contributed by atoms with Gasteiger partial charge < -0.3 is 28.4 Å². The Kier molecular flexibility index (Phi) is 6.05. The van der Waals surface area contributed by atoms with Crippen LogP contribution in [0, 0.1) is 6.92 Å². The molecule has 2 aromatic carbocycles. The van der Waals surface area contributed by atoms with Crippen molar-refractivity contribution < 1.29 is 38.0 Å². The molecular formula is C24H24O8. The second-order valence-corrected chi connectivity index (χ2v) is 7.40. The van der Waals surface area contributed by atoms with E-state index < -0.39 is 12.1 Å². The number of rotatable bonds is 6. The van der Waals surface area contributed by atoms with E-state index in [0.717, 1.165) is 6.42 Å². The minimum absolute atomic E-state index is 0.122. The molecule has 2 aromatic rings. The molecule has 0 spiro atoms. The zero-order chi connectivity index (χ0) is 22.8. The lowest BCUT2D eigenvalue weighted by Crippen LogP contribution is -2.24. The maximum Gasteiger partial charge on any atom is 0.340 e. The number of carbonyl (C=O) groups excluding carboxylic acids is 2. The molecule has 2 aliphatic heterocycles. The molecule has 2 aliphatic rings. The molecule has 0 radical (unpaired) electrons. The Hall–Kier alpha value is -3.52. The Morgan fingerprint density at radius 2 is 1.88 bits per heavy atom. The highest BCUT2D eigenvalue weighted by Crippen LogP contribution is 2.42. The molecule has 0 aliphatic carbocycles. The smallest absolute Gasteiger partial charge is 0.340 e. The number of esters is 1. The topological polar surface area (TPSA) is 89.5 Å². The summed E-state index contributed by atoms with van der Waals surface area (Å²) in [6.45, 7) is 2.32. The van der Waals surface area contributed by atoms with Gasteiger partial charge in [0.25, 0.3) is 0 Å². The zero-order valence-electron chi connectivity index (χ0n) is 18.4. The van der Waals surface area contributed by atoms with Gasteiger partial charge in [-0.25, -0.2) is 4.79 Å². The van der Waals surface area contributed by atoms with Crippen molar-refractivity contribution in [2.75, 3.05) is 27.9 Å². The second kappa shape index (κ2) is 8.92. The zero-order valence-corrected chi connectivity index (χ0v) is 18.4. The van der Waals surface area contributed by atoms with E-state index >= 15 is 0 Å². The van der Waals surface area contributed by atoms with E-state index in [4.69, 9.17) is 28.4 Å². The van der Waals surface area contributed by atoms with Gasteiger partial charge in [-0.2, -0.15) is 0 Å². The standard InChI is InChI=1S/C24H24O8/c1-13-10-15(31-24(26)17-6-5-9-30-17)12-18-20(13)21(25)19(32-18)11-14-7-8-16(27-2)23(29-4)22(14)28-3/h7-8,10-12,17H,5-6,9H2,1-4H3/b19-11-. The maximum atomic E-state index is 13.0. The largest absolute Gasteiger partial charge is 0.493 e. The molecule has 0 bridgehead atoms. The highest BCUT2D eigenvalue weighted by Gasteiger charge is 2.32. The van der Waals surface area contributed by atoms with Crippen LogP contribution in [-0.4, -0.2) is 45.8 Å². The minimum atomic E-state index is -0.556. The number of Topliss-reactive ketones (excluding diaryl/α,β-unsaturated/α-hetero) is 1. The van der Waals surface area contributed by atoms with Gasteiger partial charge in [0.1, 0.15) is 11.5 Å². The maximum absolute atomic E-state index is 13.0. The molecule has 1 fully saturated rings. The lowest BCUT2D eigenvalue weighted by molar-refractivity contribution is -0.144. The third kappa shape index (κ3) is 3.89. The molecule has 168 valence electrons. The summed E-state index contributed by atoms with van der Waals surface area (Å²) in [4.78, 5) is 25.3. The lowest BCUT2D eigenvalue weighted by atomic mass is 10.0. The average Bonchev–Trinajstić information content (AvgIpc) is 3.42. The van der Waals surface area contributed by atoms with Gasteiger partial charge >= 0.3 is 5.97 Å². The van der Waals surface area contributed by atoms with Crippen molar-refractivity contribution in [3.63, 3.8) is 0 Å². The highest BCUT2D eigenvalue weighted by molar-refractivity contribution is 6.15. The summed E-state index contributed by atoms with van der Waals surface area (Å²) in [5.41, 5.74) is 1.65. The van der Waals surface area contributed by atoms with E-state index in [1.54, 1.807) is 37.3 Å². The summed E-state index contributed by atoms with van der Waals surface area (Å²) in [6, 6.07) is 6.65. The number of carbonyl (C=O) groups is 2. The third-order valence-corrected chi connectivity index (χ3v) is 5.38. The number of aryl methyl sites for hydroxylation is 1. The van der Waals surface area contributed by atoms with Crippen LogP contribution in [0.3, 0.4) is 0 Å². The SMILES string of the molecule is COc1ccc(/C=C2\Oc3cc(OC(=O)C4CCCO4)cc(C)c3C2=O)c(OC)c1OC. The van der Waals surface area contributed by atoms with Crippen LogP contribution in [0.5, 0.6) is 28.7 Å². The summed E-state index contributed by atoms with van der Waals surface area (Å²) in [7, 11) is 4.54. The van der Waals surface area contributed by atoms with Gasteiger partial charge in [-0.05, 0) is 49.6 Å². The van der Waals surface area contributed by atoms with Crippen LogP contribution in [0.4, 0.5) is 0 Å². The number of methoxy groups -OCH3 is 3. The molecule has 0 saturated carbocycles. The number of hydrogen-bond donors (Lipinski definition) is 0. The van der Waals surface area contributed by atoms with Crippen LogP contribution in [0.15, 0.2) is 30.0 Å². The third-order valence-electron chi connectivity index (χ3n) is 5.38. The molecule has 1 saturated heterocycles. The summed E-state index contributed by atoms with van der Waals surface area (Å²) < 4.78 is 32.9. The van der Waals surface area contributed by atoms with Crippen molar-refractivity contribution >= 4 is 17.8 Å². The van der Waals surface area contributed by atoms with E-state index in [0.29, 0.717) is 58.5 Å². The number of allylic oxidation sites excluding steroid dienone is 1. The fourth-order valence-electron chi connectivity index (χ4n) is 3.86. The Bertz CT molecular complexity index is 1100. The molecule has 0 aromatic heterocycles. The van der Waals surface area contributed by atoms with Gasteiger partial charge in [-0.1, -0.05) is 0 Å². The van der Waals surface area contributed by atoms with E-state index in [1.165, 1.54) is 21.3 Å². The molecule has 8 heteroatoms. The normalized spacial score (nSPS) is 18.3. The Balaban J connectivity index is 1.64. The van der Waals surface area contributed by atoms with E-state index in [1.807, 2.05) is 0 Å². The predicted octanol–water partition coefficient (Wildman–Crippen LogP) is 3.72. The van der Waals surface area contributed by atoms with Crippen LogP contribution in [0.1, 0.15) is 34.3 Å². The monoisotopic (exact) mass is 440 g/mol. The van der Waals surface area contributed by atoms with Crippen molar-refractivity contribution in [2.45, 2.75) is 25.9 Å². The number of fused-ring (bicyclic) bond motifs is 1. The van der Waals surface area contributed by atoms with Crippen LogP contribution < -0.4 is 23.7 Å². The molecule has 1 atom stereocenters. The summed E-state index contributed by atoms with van der Waals surface area (Å²) in [5, 5.41) is 0. The van der Waals surface area contributed by atoms with Gasteiger partial charge in [0.2, 0.25) is 11.5 Å². The summed E-state index contributed by atoms with van der Waals surface area (Å²) >= 11 is 0. The summed E-state index contributed by atoms with van der Waals surface area (Å²) in [6.07, 6.45) is 2.49.